The van der Waals surface area contributed by atoms with E-state index < -0.39 is 12.1 Å². The number of halogens is 3. The third-order valence-electron chi connectivity index (χ3n) is 7.05. The molecular weight excluding hydrogens is 407 g/mol. The summed E-state index contributed by atoms with van der Waals surface area (Å²) >= 11 is 0. The summed E-state index contributed by atoms with van der Waals surface area (Å²) in [6.07, 6.45) is -1.91. The molecule has 4 rings (SSSR count). The zero-order valence-electron chi connectivity index (χ0n) is 18.2. The number of likely N-dealkylation sites (tertiary alicyclic amines) is 1. The van der Waals surface area contributed by atoms with E-state index in [1.54, 1.807) is 7.05 Å². The van der Waals surface area contributed by atoms with Crippen LogP contribution in [0.25, 0.3) is 5.65 Å². The van der Waals surface area contributed by atoms with Gasteiger partial charge in [0.2, 0.25) is 0 Å². The van der Waals surface area contributed by atoms with Gasteiger partial charge in [-0.2, -0.15) is 18.3 Å². The Morgan fingerprint density at radius 3 is 2.52 bits per heavy atom. The molecule has 1 aliphatic carbocycles. The predicted molar refractivity (Wildman–Crippen MR) is 111 cm³/mol. The number of nitrogens with one attached hydrogen (secondary N) is 1. The minimum atomic E-state index is -4.11. The molecule has 31 heavy (non-hydrogen) atoms. The number of carbonyl (C=O) groups is 1. The molecule has 170 valence electrons. The first kappa shape index (κ1) is 21.9. The number of amides is 2. The van der Waals surface area contributed by atoms with Crippen LogP contribution in [0.1, 0.15) is 67.9 Å². The summed E-state index contributed by atoms with van der Waals surface area (Å²) < 4.78 is 40.9. The van der Waals surface area contributed by atoms with Crippen molar-refractivity contribution in [1.29, 1.82) is 0 Å². The van der Waals surface area contributed by atoms with E-state index in [9.17, 15) is 18.0 Å². The first-order chi connectivity index (χ1) is 14.7. The van der Waals surface area contributed by atoms with E-state index >= 15 is 0 Å². The molecule has 0 radical (unpaired) electrons. The smallest absolute Gasteiger partial charge is 0.341 e. The lowest BCUT2D eigenvalue weighted by molar-refractivity contribution is -0.182. The Hall–Kier alpha value is -2.32. The number of aromatic nitrogens is 3. The molecule has 6 nitrogen and oxygen atoms in total. The number of piperidine rings is 1. The number of urea groups is 1. The number of fused-ring (bicyclic) bond motifs is 1. The zero-order valence-corrected chi connectivity index (χ0v) is 18.2. The van der Waals surface area contributed by atoms with Gasteiger partial charge in [0.15, 0.2) is 5.65 Å². The van der Waals surface area contributed by atoms with E-state index in [2.05, 4.69) is 17.2 Å². The third-order valence-corrected chi connectivity index (χ3v) is 7.05. The molecule has 3 heterocycles. The van der Waals surface area contributed by atoms with Gasteiger partial charge in [-0.3, -0.25) is 0 Å². The lowest BCUT2D eigenvalue weighted by atomic mass is 9.80. The molecule has 2 aromatic heterocycles. The molecule has 9 heteroatoms. The van der Waals surface area contributed by atoms with Crippen LogP contribution in [0.2, 0.25) is 0 Å². The van der Waals surface area contributed by atoms with E-state index in [0.29, 0.717) is 25.3 Å². The number of nitrogens with zero attached hydrogens (tertiary/aromatic N) is 4. The average Bonchev–Trinajstić information content (AvgIpc) is 3.16. The van der Waals surface area contributed by atoms with Crippen LogP contribution in [0.3, 0.4) is 0 Å². The Morgan fingerprint density at radius 1 is 1.16 bits per heavy atom. The highest BCUT2D eigenvalue weighted by Gasteiger charge is 2.42. The molecule has 2 atom stereocenters. The van der Waals surface area contributed by atoms with Crippen molar-refractivity contribution in [2.24, 2.45) is 11.8 Å². The van der Waals surface area contributed by atoms with Crippen molar-refractivity contribution in [1.82, 2.24) is 24.8 Å². The van der Waals surface area contributed by atoms with Crippen LogP contribution in [-0.4, -0.2) is 51.8 Å². The van der Waals surface area contributed by atoms with Gasteiger partial charge in [-0.05, 0) is 51.0 Å². The second-order valence-corrected chi connectivity index (χ2v) is 9.13. The molecule has 1 saturated carbocycles. The molecule has 2 amide bonds. The largest absolute Gasteiger partial charge is 0.391 e. The first-order valence-electron chi connectivity index (χ1n) is 11.1. The fourth-order valence-corrected chi connectivity index (χ4v) is 5.12. The van der Waals surface area contributed by atoms with Crippen molar-refractivity contribution in [3.8, 4) is 0 Å². The molecule has 1 saturated heterocycles. The molecule has 0 bridgehead atoms. The van der Waals surface area contributed by atoms with E-state index in [0.717, 1.165) is 35.7 Å². The Morgan fingerprint density at radius 2 is 1.87 bits per heavy atom. The highest BCUT2D eigenvalue weighted by molar-refractivity contribution is 5.74. The van der Waals surface area contributed by atoms with E-state index in [4.69, 9.17) is 5.10 Å². The maximum absolute atomic E-state index is 13.0. The van der Waals surface area contributed by atoms with Crippen molar-refractivity contribution in [2.45, 2.75) is 64.0 Å². The first-order valence-corrected chi connectivity index (χ1v) is 11.1. The van der Waals surface area contributed by atoms with Crippen LogP contribution in [0.15, 0.2) is 12.1 Å². The number of aryl methyl sites for hydroxylation is 1. The maximum atomic E-state index is 13.0. The molecule has 1 aliphatic heterocycles. The predicted octanol–water partition coefficient (Wildman–Crippen LogP) is 4.64. The molecule has 2 aromatic rings. The molecule has 2 fully saturated rings. The summed E-state index contributed by atoms with van der Waals surface area (Å²) in [6.45, 7) is 5.45. The van der Waals surface area contributed by atoms with Crippen LogP contribution >= 0.6 is 0 Å². The molecule has 0 aromatic carbocycles. The topological polar surface area (TPSA) is 62.5 Å². The average molecular weight is 438 g/mol. The van der Waals surface area contributed by atoms with Gasteiger partial charge in [0, 0.05) is 43.7 Å². The van der Waals surface area contributed by atoms with E-state index in [1.165, 1.54) is 0 Å². The SMILES string of the molecule is CNC(=O)N1CC[C@@H](C)[C@H](c2cc(C)nc3cc([C@H]4CC[C@H](C(F)(F)F)CC4)nn23)C1. The lowest BCUT2D eigenvalue weighted by Gasteiger charge is -2.37. The van der Waals surface area contributed by atoms with Gasteiger partial charge >= 0.3 is 12.2 Å². The van der Waals surface area contributed by atoms with Crippen LogP contribution in [0.4, 0.5) is 18.0 Å². The Bertz CT molecular complexity index is 949. The summed E-state index contributed by atoms with van der Waals surface area (Å²) in [4.78, 5) is 18.6. The molecule has 1 N–H and O–H groups in total. The van der Waals surface area contributed by atoms with Gasteiger partial charge in [-0.1, -0.05) is 6.92 Å². The summed E-state index contributed by atoms with van der Waals surface area (Å²) in [5, 5.41) is 7.52. The second-order valence-electron chi connectivity index (χ2n) is 9.13. The normalized spacial score (nSPS) is 27.5. The molecule has 0 unspecified atom stereocenters. The van der Waals surface area contributed by atoms with Crippen LogP contribution in [0.5, 0.6) is 0 Å². The molecule has 2 aliphatic rings. The standard InChI is InChI=1S/C22H30F3N5O/c1-13-8-9-29(21(31)26-3)12-17(13)19-10-14(2)27-20-11-18(28-30(19)20)15-4-6-16(7-5-15)22(23,24)25/h10-11,13,15-17H,4-9,12H2,1-3H3,(H,26,31)/t13-,15-,16-,17-/m1/s1. The second kappa shape index (κ2) is 8.31. The minimum Gasteiger partial charge on any atom is -0.341 e. The molecule has 0 spiro atoms. The van der Waals surface area contributed by atoms with Gasteiger partial charge in [0.1, 0.15) is 0 Å². The number of rotatable bonds is 2. The Balaban J connectivity index is 1.62. The van der Waals surface area contributed by atoms with Crippen LogP contribution in [-0.2, 0) is 0 Å². The van der Waals surface area contributed by atoms with Gasteiger partial charge < -0.3 is 10.2 Å². The van der Waals surface area contributed by atoms with Crippen molar-refractivity contribution >= 4 is 11.7 Å². The van der Waals surface area contributed by atoms with E-state index in [1.807, 2.05) is 28.5 Å². The van der Waals surface area contributed by atoms with Crippen molar-refractivity contribution in [3.63, 3.8) is 0 Å². The van der Waals surface area contributed by atoms with Gasteiger partial charge in [0.05, 0.1) is 17.3 Å². The van der Waals surface area contributed by atoms with Gasteiger partial charge in [0.25, 0.3) is 0 Å². The number of carbonyl (C=O) groups excluding carboxylic acids is 1. The van der Waals surface area contributed by atoms with Crippen molar-refractivity contribution in [3.05, 3.63) is 29.2 Å². The highest BCUT2D eigenvalue weighted by Crippen LogP contribution is 2.43. The van der Waals surface area contributed by atoms with E-state index in [-0.39, 0.29) is 30.7 Å². The number of hydrogen-bond acceptors (Lipinski definition) is 3. The van der Waals surface area contributed by atoms with Gasteiger partial charge in [-0.25, -0.2) is 14.3 Å². The summed E-state index contributed by atoms with van der Waals surface area (Å²) in [7, 11) is 1.64. The van der Waals surface area contributed by atoms with Crippen molar-refractivity contribution < 1.29 is 18.0 Å². The van der Waals surface area contributed by atoms with Gasteiger partial charge in [-0.15, -0.1) is 0 Å². The highest BCUT2D eigenvalue weighted by atomic mass is 19.4. The number of hydrogen-bond donors (Lipinski definition) is 1. The Kier molecular flexibility index (Phi) is 5.87. The summed E-state index contributed by atoms with van der Waals surface area (Å²) in [6, 6.07) is 3.87. The summed E-state index contributed by atoms with van der Waals surface area (Å²) in [5.74, 6) is -0.681. The Labute approximate surface area is 180 Å². The van der Waals surface area contributed by atoms with Crippen LogP contribution < -0.4 is 5.32 Å². The minimum absolute atomic E-state index is 0.0274. The third kappa shape index (κ3) is 4.36. The summed E-state index contributed by atoms with van der Waals surface area (Å²) in [5.41, 5.74) is 3.44. The monoisotopic (exact) mass is 437 g/mol. The maximum Gasteiger partial charge on any atom is 0.391 e. The zero-order chi connectivity index (χ0) is 22.3. The number of alkyl halides is 3. The van der Waals surface area contributed by atoms with Crippen LogP contribution in [0, 0.1) is 18.8 Å². The molecular formula is C22H30F3N5O. The fraction of sp³-hybridized carbons (Fsp3) is 0.682. The quantitative estimate of drug-likeness (QED) is 0.745. The lowest BCUT2D eigenvalue weighted by Crippen LogP contribution is -2.46. The van der Waals surface area contributed by atoms with Crippen molar-refractivity contribution in [2.75, 3.05) is 20.1 Å². The fourth-order valence-electron chi connectivity index (χ4n) is 5.12.